The predicted molar refractivity (Wildman–Crippen MR) is 68.7 cm³/mol. The van der Waals surface area contributed by atoms with Gasteiger partial charge in [-0.2, -0.15) is 0 Å². The summed E-state index contributed by atoms with van der Waals surface area (Å²) >= 11 is 0. The first-order valence-electron chi connectivity index (χ1n) is 5.93. The first-order chi connectivity index (χ1) is 9.58. The van der Waals surface area contributed by atoms with Crippen molar-refractivity contribution in [2.24, 2.45) is 0 Å². The van der Waals surface area contributed by atoms with Gasteiger partial charge >= 0.3 is 5.97 Å². The molecule has 0 aliphatic carbocycles. The Bertz CT molecular complexity index is 614. The van der Waals surface area contributed by atoms with Crippen LogP contribution in [0, 0.1) is 11.6 Å². The van der Waals surface area contributed by atoms with Gasteiger partial charge in [0.05, 0.1) is 0 Å². The highest BCUT2D eigenvalue weighted by Crippen LogP contribution is 2.21. The molecule has 2 rings (SSSR count). The maximum atomic E-state index is 13.4. The summed E-state index contributed by atoms with van der Waals surface area (Å²) in [5, 5.41) is 9.17. The van der Waals surface area contributed by atoms with Gasteiger partial charge in [-0.05, 0) is 29.8 Å². The van der Waals surface area contributed by atoms with Gasteiger partial charge in [-0.25, -0.2) is 8.78 Å². The van der Waals surface area contributed by atoms with Gasteiger partial charge in [0.15, 0.2) is 11.6 Å². The van der Waals surface area contributed by atoms with Gasteiger partial charge in [-0.15, -0.1) is 0 Å². The predicted octanol–water partition coefficient (Wildman–Crippen LogP) is 3.21. The van der Waals surface area contributed by atoms with E-state index >= 15 is 0 Å². The van der Waals surface area contributed by atoms with Gasteiger partial charge in [0, 0.05) is 0 Å². The van der Waals surface area contributed by atoms with E-state index in [0.29, 0.717) is 0 Å². The van der Waals surface area contributed by atoms with Crippen LogP contribution >= 0.6 is 0 Å². The Balaban J connectivity index is 2.15. The molecule has 0 aliphatic rings. The summed E-state index contributed by atoms with van der Waals surface area (Å²) in [4.78, 5) is 11.2. The number of aliphatic carboxylic acids is 1. The number of hydrogen-bond donors (Lipinski definition) is 1. The van der Waals surface area contributed by atoms with Crippen molar-refractivity contribution in [3.63, 3.8) is 0 Å². The summed E-state index contributed by atoms with van der Waals surface area (Å²) in [6.45, 7) is -0.278. The second kappa shape index (κ2) is 6.14. The second-order valence-corrected chi connectivity index (χ2v) is 4.19. The van der Waals surface area contributed by atoms with E-state index in [-0.39, 0.29) is 17.9 Å². The highest BCUT2D eigenvalue weighted by molar-refractivity contribution is 5.76. The first-order valence-corrected chi connectivity index (χ1v) is 5.93. The molecule has 20 heavy (non-hydrogen) atoms. The highest BCUT2D eigenvalue weighted by Gasteiger charge is 2.21. The zero-order valence-electron chi connectivity index (χ0n) is 10.4. The van der Waals surface area contributed by atoms with E-state index in [2.05, 4.69) is 0 Å². The molecule has 0 saturated carbocycles. The first kappa shape index (κ1) is 14.0. The van der Waals surface area contributed by atoms with Gasteiger partial charge < -0.3 is 9.84 Å². The van der Waals surface area contributed by atoms with E-state index < -0.39 is 23.5 Å². The largest absolute Gasteiger partial charge is 0.489 e. The molecule has 0 radical (unpaired) electrons. The van der Waals surface area contributed by atoms with Crippen LogP contribution in [-0.4, -0.2) is 17.7 Å². The maximum absolute atomic E-state index is 13.4. The minimum atomic E-state index is -1.16. The van der Waals surface area contributed by atoms with Crippen LogP contribution < -0.4 is 4.74 Å². The Labute approximate surface area is 114 Å². The zero-order valence-corrected chi connectivity index (χ0v) is 10.4. The van der Waals surface area contributed by atoms with Gasteiger partial charge in [0.25, 0.3) is 0 Å². The third kappa shape index (κ3) is 3.32. The Morgan fingerprint density at radius 2 is 1.90 bits per heavy atom. The van der Waals surface area contributed by atoms with E-state index in [4.69, 9.17) is 9.84 Å². The number of carboxylic acids is 1. The molecule has 5 heteroatoms. The Kier molecular flexibility index (Phi) is 4.30. The van der Waals surface area contributed by atoms with Crippen molar-refractivity contribution in [1.82, 2.24) is 0 Å². The second-order valence-electron chi connectivity index (χ2n) is 4.19. The monoisotopic (exact) mass is 278 g/mol. The summed E-state index contributed by atoms with van der Waals surface area (Å²) in [7, 11) is 0. The van der Waals surface area contributed by atoms with Crippen molar-refractivity contribution in [3.8, 4) is 5.75 Å². The van der Waals surface area contributed by atoms with Crippen LogP contribution in [0.5, 0.6) is 5.75 Å². The van der Waals surface area contributed by atoms with E-state index in [1.54, 1.807) is 6.07 Å². The van der Waals surface area contributed by atoms with Crippen LogP contribution in [-0.2, 0) is 4.79 Å². The lowest BCUT2D eigenvalue weighted by molar-refractivity contribution is -0.139. The molecule has 0 aromatic heterocycles. The average Bonchev–Trinajstić information content (AvgIpc) is 2.41. The van der Waals surface area contributed by atoms with Gasteiger partial charge in [0.1, 0.15) is 18.3 Å². The molecular weight excluding hydrogens is 266 g/mol. The lowest BCUT2D eigenvalue weighted by atomic mass is 10.0. The quantitative estimate of drug-likeness (QED) is 0.913. The summed E-state index contributed by atoms with van der Waals surface area (Å²) in [6, 6.07) is 11.0. The molecule has 0 fully saturated rings. The van der Waals surface area contributed by atoms with Crippen molar-refractivity contribution < 1.29 is 23.4 Å². The normalized spacial score (nSPS) is 11.9. The third-order valence-corrected chi connectivity index (χ3v) is 2.79. The molecule has 2 aromatic carbocycles. The molecule has 0 saturated heterocycles. The number of rotatable bonds is 5. The van der Waals surface area contributed by atoms with Crippen molar-refractivity contribution in [2.45, 2.75) is 5.92 Å². The standard InChI is InChI=1S/C15H12F2O3/c16-11-5-3-4-10(8-11)12(15(18)19)9-20-14-7-2-1-6-13(14)17/h1-8,12H,9H2,(H,18,19). The van der Waals surface area contributed by atoms with Gasteiger partial charge in [-0.3, -0.25) is 4.79 Å². The fourth-order valence-electron chi connectivity index (χ4n) is 1.77. The minimum Gasteiger partial charge on any atom is -0.489 e. The number of carbonyl (C=O) groups is 1. The Morgan fingerprint density at radius 3 is 2.55 bits per heavy atom. The SMILES string of the molecule is O=C(O)C(COc1ccccc1F)c1cccc(F)c1. The molecule has 1 atom stereocenters. The average molecular weight is 278 g/mol. The number of benzene rings is 2. The fraction of sp³-hybridized carbons (Fsp3) is 0.133. The molecule has 0 spiro atoms. The van der Waals surface area contributed by atoms with Crippen molar-refractivity contribution in [1.29, 1.82) is 0 Å². The zero-order chi connectivity index (χ0) is 14.5. The van der Waals surface area contributed by atoms with Crippen molar-refractivity contribution >= 4 is 5.97 Å². The third-order valence-electron chi connectivity index (χ3n) is 2.79. The summed E-state index contributed by atoms with van der Waals surface area (Å²) in [6.07, 6.45) is 0. The van der Waals surface area contributed by atoms with Crippen LogP contribution in [0.2, 0.25) is 0 Å². The molecule has 1 unspecified atom stereocenters. The van der Waals surface area contributed by atoms with Crippen molar-refractivity contribution in [2.75, 3.05) is 6.61 Å². The van der Waals surface area contributed by atoms with E-state index in [9.17, 15) is 13.6 Å². The van der Waals surface area contributed by atoms with E-state index in [1.807, 2.05) is 0 Å². The van der Waals surface area contributed by atoms with Crippen LogP contribution in [0.4, 0.5) is 8.78 Å². The number of para-hydroxylation sites is 1. The molecule has 0 aliphatic heterocycles. The number of ether oxygens (including phenoxy) is 1. The molecular formula is C15H12F2O3. The lowest BCUT2D eigenvalue weighted by Crippen LogP contribution is -2.20. The fourth-order valence-corrected chi connectivity index (χ4v) is 1.77. The molecule has 0 heterocycles. The van der Waals surface area contributed by atoms with Gasteiger partial charge in [-0.1, -0.05) is 24.3 Å². The van der Waals surface area contributed by atoms with Crippen LogP contribution in [0.1, 0.15) is 11.5 Å². The molecule has 0 amide bonds. The topological polar surface area (TPSA) is 46.5 Å². The molecule has 1 N–H and O–H groups in total. The minimum absolute atomic E-state index is 0.0323. The number of carboxylic acid groups (broad SMARTS) is 1. The van der Waals surface area contributed by atoms with Gasteiger partial charge in [0.2, 0.25) is 0 Å². The number of hydrogen-bond acceptors (Lipinski definition) is 2. The summed E-state index contributed by atoms with van der Waals surface area (Å²) in [5.41, 5.74) is 0.272. The summed E-state index contributed by atoms with van der Waals surface area (Å²) in [5.74, 6) is -3.36. The molecule has 0 bridgehead atoms. The van der Waals surface area contributed by atoms with E-state index in [1.165, 1.54) is 36.4 Å². The van der Waals surface area contributed by atoms with E-state index in [0.717, 1.165) is 6.07 Å². The number of halogens is 2. The van der Waals surface area contributed by atoms with Crippen LogP contribution in [0.25, 0.3) is 0 Å². The smallest absolute Gasteiger partial charge is 0.314 e. The molecule has 3 nitrogen and oxygen atoms in total. The van der Waals surface area contributed by atoms with Crippen molar-refractivity contribution in [3.05, 3.63) is 65.7 Å². The highest BCUT2D eigenvalue weighted by atomic mass is 19.1. The maximum Gasteiger partial charge on any atom is 0.314 e. The van der Waals surface area contributed by atoms with Crippen LogP contribution in [0.3, 0.4) is 0 Å². The summed E-state index contributed by atoms with van der Waals surface area (Å²) < 4.78 is 31.7. The molecule has 2 aromatic rings. The molecule has 104 valence electrons. The Morgan fingerprint density at radius 1 is 1.15 bits per heavy atom. The lowest BCUT2D eigenvalue weighted by Gasteiger charge is -2.14. The van der Waals surface area contributed by atoms with Crippen LogP contribution in [0.15, 0.2) is 48.5 Å². The Hall–Kier alpha value is -2.43.